The van der Waals surface area contributed by atoms with Gasteiger partial charge in [0.15, 0.2) is 11.5 Å². The third-order valence-corrected chi connectivity index (χ3v) is 9.38. The maximum Gasteiger partial charge on any atom is 0.418 e. The SMILES string of the molecule is Oc1ccc2c3c1OC1c4[nH]c5c(C(F)(F)F)cccc5c4CC4C(C2)N(CC2CC2)CCC314. The molecule has 1 saturated carbocycles. The van der Waals surface area contributed by atoms with Gasteiger partial charge in [0.2, 0.25) is 0 Å². The van der Waals surface area contributed by atoms with E-state index in [-0.39, 0.29) is 22.6 Å². The monoisotopic (exact) mass is 466 g/mol. The van der Waals surface area contributed by atoms with E-state index in [4.69, 9.17) is 4.74 Å². The molecule has 5 aliphatic rings. The van der Waals surface area contributed by atoms with Crippen LogP contribution < -0.4 is 4.74 Å². The fourth-order valence-electron chi connectivity index (χ4n) is 7.86. The lowest BCUT2D eigenvalue weighted by atomic mass is 9.51. The summed E-state index contributed by atoms with van der Waals surface area (Å²) in [5.74, 6) is 1.71. The Hall–Kier alpha value is -2.67. The molecule has 8 rings (SSSR count). The van der Waals surface area contributed by atoms with E-state index in [0.29, 0.717) is 17.2 Å². The van der Waals surface area contributed by atoms with Crippen LogP contribution in [0, 0.1) is 11.8 Å². The largest absolute Gasteiger partial charge is 0.504 e. The van der Waals surface area contributed by atoms with Crippen LogP contribution in [-0.2, 0) is 24.4 Å². The number of piperidine rings is 1. The Balaban J connectivity index is 1.37. The number of halogens is 3. The summed E-state index contributed by atoms with van der Waals surface area (Å²) in [4.78, 5) is 5.84. The van der Waals surface area contributed by atoms with Gasteiger partial charge in [-0.2, -0.15) is 13.2 Å². The normalized spacial score (nSPS) is 31.3. The molecule has 0 radical (unpaired) electrons. The number of phenols is 1. The molecule has 0 amide bonds. The minimum Gasteiger partial charge on any atom is -0.504 e. The maximum atomic E-state index is 13.9. The van der Waals surface area contributed by atoms with Gasteiger partial charge in [-0.05, 0) is 73.7 Å². The van der Waals surface area contributed by atoms with Crippen molar-refractivity contribution in [3.63, 3.8) is 0 Å². The zero-order chi connectivity index (χ0) is 23.0. The molecule has 34 heavy (non-hydrogen) atoms. The van der Waals surface area contributed by atoms with Gasteiger partial charge in [-0.15, -0.1) is 0 Å². The maximum absolute atomic E-state index is 13.9. The number of benzene rings is 2. The molecular weight excluding hydrogens is 441 g/mol. The van der Waals surface area contributed by atoms with Crippen LogP contribution >= 0.6 is 0 Å². The van der Waals surface area contributed by atoms with Crippen molar-refractivity contribution in [3.8, 4) is 11.5 Å². The van der Waals surface area contributed by atoms with Gasteiger partial charge in [-0.25, -0.2) is 0 Å². The second-order valence-electron chi connectivity index (χ2n) is 11.0. The van der Waals surface area contributed by atoms with E-state index >= 15 is 0 Å². The summed E-state index contributed by atoms with van der Waals surface area (Å²) in [7, 11) is 0. The minimum absolute atomic E-state index is 0.133. The Labute approximate surface area is 194 Å². The molecule has 2 N–H and O–H groups in total. The van der Waals surface area contributed by atoms with E-state index in [9.17, 15) is 18.3 Å². The Bertz CT molecular complexity index is 1370. The third kappa shape index (κ3) is 2.29. The number of fused-ring (bicyclic) bond motifs is 4. The first kappa shape index (κ1) is 19.6. The molecule has 176 valence electrons. The van der Waals surface area contributed by atoms with Gasteiger partial charge in [0, 0.05) is 29.0 Å². The molecule has 3 aliphatic carbocycles. The number of H-pyrrole nitrogens is 1. The molecule has 3 heterocycles. The van der Waals surface area contributed by atoms with Gasteiger partial charge in [0.1, 0.15) is 6.10 Å². The standard InChI is InChI=1S/C27H25F3N2O2/c28-27(29,30)17-3-1-2-15-16-11-18-19-10-14-6-7-20(33)24-21(14)26(18,8-9-32(19)12-13-4-5-13)25(34-24)23(16)31-22(15)17/h1-3,6-7,13,18-19,25,31,33H,4-5,8-12H2. The highest BCUT2D eigenvalue weighted by Gasteiger charge is 2.65. The van der Waals surface area contributed by atoms with Crippen molar-refractivity contribution in [1.82, 2.24) is 9.88 Å². The molecule has 1 aromatic heterocycles. The molecular formula is C27H25F3N2O2. The predicted octanol–water partition coefficient (Wildman–Crippen LogP) is 5.48. The summed E-state index contributed by atoms with van der Waals surface area (Å²) in [6, 6.07) is 8.57. The van der Waals surface area contributed by atoms with Crippen LogP contribution in [0.2, 0.25) is 0 Å². The number of aromatic amines is 1. The summed E-state index contributed by atoms with van der Waals surface area (Å²) in [6.45, 7) is 2.08. The van der Waals surface area contributed by atoms with E-state index in [1.165, 1.54) is 24.5 Å². The molecule has 4 unspecified atom stereocenters. The van der Waals surface area contributed by atoms with Crippen LogP contribution in [0.25, 0.3) is 10.9 Å². The summed E-state index contributed by atoms with van der Waals surface area (Å²) in [5.41, 5.74) is 3.29. The fourth-order valence-corrected chi connectivity index (χ4v) is 7.86. The van der Waals surface area contributed by atoms with Crippen molar-refractivity contribution < 1.29 is 23.0 Å². The van der Waals surface area contributed by atoms with Crippen LogP contribution in [0.3, 0.4) is 0 Å². The number of ether oxygens (including phenoxy) is 1. The third-order valence-electron chi connectivity index (χ3n) is 9.38. The van der Waals surface area contributed by atoms with Gasteiger partial charge in [0.25, 0.3) is 0 Å². The van der Waals surface area contributed by atoms with Crippen LogP contribution in [0.1, 0.15) is 53.3 Å². The highest BCUT2D eigenvalue weighted by atomic mass is 19.4. The molecule has 4 nitrogen and oxygen atoms in total. The number of aromatic hydroxyl groups is 1. The van der Waals surface area contributed by atoms with Crippen molar-refractivity contribution in [3.05, 3.63) is 58.3 Å². The molecule has 2 aliphatic heterocycles. The van der Waals surface area contributed by atoms with Gasteiger partial charge >= 0.3 is 6.18 Å². The first-order valence-electron chi connectivity index (χ1n) is 12.3. The van der Waals surface area contributed by atoms with E-state index in [1.807, 2.05) is 12.1 Å². The van der Waals surface area contributed by atoms with Crippen molar-refractivity contribution in [1.29, 1.82) is 0 Å². The molecule has 2 bridgehead atoms. The molecule has 3 aromatic rings. The number of hydrogen-bond acceptors (Lipinski definition) is 3. The number of para-hydroxylation sites is 1. The highest BCUT2D eigenvalue weighted by molar-refractivity contribution is 5.89. The van der Waals surface area contributed by atoms with E-state index < -0.39 is 17.8 Å². The minimum atomic E-state index is -4.43. The zero-order valence-electron chi connectivity index (χ0n) is 18.6. The molecule has 2 aromatic carbocycles. The van der Waals surface area contributed by atoms with E-state index in [0.717, 1.165) is 61.2 Å². The fraction of sp³-hybridized carbons (Fsp3) is 0.481. The highest BCUT2D eigenvalue weighted by Crippen LogP contribution is 2.67. The predicted molar refractivity (Wildman–Crippen MR) is 120 cm³/mol. The van der Waals surface area contributed by atoms with E-state index in [2.05, 4.69) is 9.88 Å². The average Bonchev–Trinajstić information content (AvgIpc) is 3.43. The first-order chi connectivity index (χ1) is 16.4. The Morgan fingerprint density at radius 3 is 2.79 bits per heavy atom. The van der Waals surface area contributed by atoms with Gasteiger partial charge in [0.05, 0.1) is 16.8 Å². The summed E-state index contributed by atoms with van der Waals surface area (Å²) in [6.07, 6.45) is 0.302. The Morgan fingerprint density at radius 2 is 2.00 bits per heavy atom. The van der Waals surface area contributed by atoms with Crippen molar-refractivity contribution in [2.24, 2.45) is 11.8 Å². The molecule has 1 saturated heterocycles. The van der Waals surface area contributed by atoms with Crippen LogP contribution in [0.4, 0.5) is 13.2 Å². The van der Waals surface area contributed by atoms with Crippen LogP contribution in [0.15, 0.2) is 30.3 Å². The summed E-state index contributed by atoms with van der Waals surface area (Å²) in [5, 5.41) is 11.4. The molecule has 4 atom stereocenters. The van der Waals surface area contributed by atoms with Crippen molar-refractivity contribution >= 4 is 10.9 Å². The molecule has 1 spiro atoms. The lowest BCUT2D eigenvalue weighted by Crippen LogP contribution is -2.63. The first-order valence-corrected chi connectivity index (χ1v) is 12.3. The summed E-state index contributed by atoms with van der Waals surface area (Å²) < 4.78 is 48.2. The number of hydrogen-bond donors (Lipinski definition) is 2. The second-order valence-corrected chi connectivity index (χ2v) is 11.0. The lowest BCUT2D eigenvalue weighted by molar-refractivity contribution is -0.136. The number of nitrogens with one attached hydrogen (secondary N) is 1. The number of phenolic OH excluding ortho intramolecular Hbond substituents is 1. The number of rotatable bonds is 2. The van der Waals surface area contributed by atoms with Crippen molar-refractivity contribution in [2.45, 2.75) is 55.8 Å². The Morgan fingerprint density at radius 1 is 1.15 bits per heavy atom. The van der Waals surface area contributed by atoms with Gasteiger partial charge in [-0.3, -0.25) is 4.90 Å². The number of aromatic nitrogens is 1. The number of likely N-dealkylation sites (tertiary alicyclic amines) is 1. The zero-order valence-corrected chi connectivity index (χ0v) is 18.6. The number of nitrogens with zero attached hydrogens (tertiary/aromatic N) is 1. The van der Waals surface area contributed by atoms with Crippen molar-refractivity contribution in [2.75, 3.05) is 13.1 Å². The average molecular weight is 467 g/mol. The van der Waals surface area contributed by atoms with Crippen LogP contribution in [0.5, 0.6) is 11.5 Å². The topological polar surface area (TPSA) is 48.5 Å². The Kier molecular flexibility index (Phi) is 3.53. The molecule has 7 heteroatoms. The summed E-state index contributed by atoms with van der Waals surface area (Å²) >= 11 is 0. The second kappa shape index (κ2) is 6.11. The van der Waals surface area contributed by atoms with Gasteiger partial charge < -0.3 is 14.8 Å². The quantitative estimate of drug-likeness (QED) is 0.526. The van der Waals surface area contributed by atoms with E-state index in [1.54, 1.807) is 6.07 Å². The van der Waals surface area contributed by atoms with Gasteiger partial charge in [-0.1, -0.05) is 18.2 Å². The smallest absolute Gasteiger partial charge is 0.418 e. The lowest BCUT2D eigenvalue weighted by Gasteiger charge is -2.58. The number of alkyl halides is 3. The van der Waals surface area contributed by atoms with Crippen LogP contribution in [-0.4, -0.2) is 34.1 Å². The molecule has 2 fully saturated rings.